The Balaban J connectivity index is 2.41. The van der Waals surface area contributed by atoms with Crippen molar-refractivity contribution in [1.29, 1.82) is 0 Å². The largest absolute Gasteiger partial charge is 0.496 e. The maximum absolute atomic E-state index is 12.6. The summed E-state index contributed by atoms with van der Waals surface area (Å²) in [6.07, 6.45) is 3.10. The summed E-state index contributed by atoms with van der Waals surface area (Å²) in [4.78, 5) is 12.6. The van der Waals surface area contributed by atoms with Gasteiger partial charge in [0, 0.05) is 17.2 Å². The van der Waals surface area contributed by atoms with Crippen molar-refractivity contribution in [2.75, 3.05) is 21.3 Å². The molecular formula is C18H17ClO4. The maximum atomic E-state index is 12.6. The van der Waals surface area contributed by atoms with Gasteiger partial charge in [-0.1, -0.05) is 29.8 Å². The van der Waals surface area contributed by atoms with Crippen LogP contribution in [0, 0.1) is 0 Å². The van der Waals surface area contributed by atoms with E-state index in [0.717, 1.165) is 5.56 Å². The zero-order valence-electron chi connectivity index (χ0n) is 13.1. The molecule has 0 spiro atoms. The van der Waals surface area contributed by atoms with Crippen molar-refractivity contribution in [1.82, 2.24) is 0 Å². The standard InChI is InChI=1S/C18H17ClO4/c1-21-13-10-16(22-2)18(17(11-13)23-3)15(20)9-8-12-6-4-5-7-14(12)19/h4-11H,1-3H3. The highest BCUT2D eigenvalue weighted by Crippen LogP contribution is 2.34. The van der Waals surface area contributed by atoms with Gasteiger partial charge in [-0.3, -0.25) is 4.79 Å². The molecule has 0 heterocycles. The van der Waals surface area contributed by atoms with Gasteiger partial charge in [0.2, 0.25) is 0 Å². The first-order valence-electron chi connectivity index (χ1n) is 6.87. The van der Waals surface area contributed by atoms with E-state index in [4.69, 9.17) is 25.8 Å². The first kappa shape index (κ1) is 16.9. The Morgan fingerprint density at radius 2 is 1.61 bits per heavy atom. The SMILES string of the molecule is COc1cc(OC)c(C(=O)C=Cc2ccccc2Cl)c(OC)c1. The Morgan fingerprint density at radius 3 is 2.13 bits per heavy atom. The Labute approximate surface area is 140 Å². The Hall–Kier alpha value is -2.46. The maximum Gasteiger partial charge on any atom is 0.193 e. The highest BCUT2D eigenvalue weighted by Gasteiger charge is 2.18. The molecule has 0 aliphatic carbocycles. The van der Waals surface area contributed by atoms with Crippen LogP contribution in [0.5, 0.6) is 17.2 Å². The second-order valence-electron chi connectivity index (χ2n) is 4.63. The van der Waals surface area contributed by atoms with Crippen molar-refractivity contribution in [3.63, 3.8) is 0 Å². The van der Waals surface area contributed by atoms with Gasteiger partial charge in [-0.2, -0.15) is 0 Å². The third-order valence-corrected chi connectivity index (χ3v) is 3.63. The van der Waals surface area contributed by atoms with Crippen LogP contribution in [0.2, 0.25) is 5.02 Å². The molecule has 0 N–H and O–H groups in total. The van der Waals surface area contributed by atoms with Gasteiger partial charge in [-0.25, -0.2) is 0 Å². The molecule has 0 amide bonds. The van der Waals surface area contributed by atoms with E-state index in [9.17, 15) is 4.79 Å². The molecule has 2 rings (SSSR count). The minimum Gasteiger partial charge on any atom is -0.496 e. The number of methoxy groups -OCH3 is 3. The average molecular weight is 333 g/mol. The number of hydrogen-bond donors (Lipinski definition) is 0. The van der Waals surface area contributed by atoms with Gasteiger partial charge in [0.1, 0.15) is 22.8 Å². The molecule has 0 aromatic heterocycles. The summed E-state index contributed by atoms with van der Waals surface area (Å²) in [5, 5.41) is 0.574. The van der Waals surface area contributed by atoms with E-state index < -0.39 is 0 Å². The first-order valence-corrected chi connectivity index (χ1v) is 7.25. The summed E-state index contributed by atoms with van der Waals surface area (Å²) in [5.41, 5.74) is 1.09. The van der Waals surface area contributed by atoms with E-state index in [-0.39, 0.29) is 5.78 Å². The Morgan fingerprint density at radius 1 is 1.00 bits per heavy atom. The van der Waals surface area contributed by atoms with Crippen molar-refractivity contribution in [2.24, 2.45) is 0 Å². The summed E-state index contributed by atoms with van der Waals surface area (Å²) in [5.74, 6) is 1.07. The minimum atomic E-state index is -0.249. The highest BCUT2D eigenvalue weighted by atomic mass is 35.5. The van der Waals surface area contributed by atoms with Crippen LogP contribution in [0.25, 0.3) is 6.08 Å². The van der Waals surface area contributed by atoms with Gasteiger partial charge in [0.05, 0.1) is 21.3 Å². The van der Waals surface area contributed by atoms with E-state index in [1.165, 1.54) is 27.4 Å². The van der Waals surface area contributed by atoms with Gasteiger partial charge < -0.3 is 14.2 Å². The predicted octanol–water partition coefficient (Wildman–Crippen LogP) is 4.26. The smallest absolute Gasteiger partial charge is 0.193 e. The lowest BCUT2D eigenvalue weighted by Crippen LogP contribution is -2.03. The second-order valence-corrected chi connectivity index (χ2v) is 5.03. The van der Waals surface area contributed by atoms with Crippen LogP contribution in [0.3, 0.4) is 0 Å². The third kappa shape index (κ3) is 3.85. The van der Waals surface area contributed by atoms with Crippen LogP contribution in [0.4, 0.5) is 0 Å². The lowest BCUT2D eigenvalue weighted by atomic mass is 10.1. The molecule has 2 aromatic rings. The number of ketones is 1. The molecule has 0 saturated heterocycles. The molecule has 23 heavy (non-hydrogen) atoms. The molecule has 0 bridgehead atoms. The Kier molecular flexibility index (Phi) is 5.66. The molecule has 0 aliphatic heterocycles. The number of benzene rings is 2. The van der Waals surface area contributed by atoms with Crippen molar-refractivity contribution in [3.05, 3.63) is 58.6 Å². The number of carbonyl (C=O) groups is 1. The molecule has 2 aromatic carbocycles. The number of rotatable bonds is 6. The summed E-state index contributed by atoms with van der Waals surface area (Å²) in [6, 6.07) is 10.6. The van der Waals surface area contributed by atoms with Crippen LogP contribution < -0.4 is 14.2 Å². The summed E-state index contributed by atoms with van der Waals surface area (Å²) >= 11 is 6.08. The fraction of sp³-hybridized carbons (Fsp3) is 0.167. The Bertz CT molecular complexity index is 713. The number of ether oxygens (including phenoxy) is 3. The first-order chi connectivity index (χ1) is 11.1. The fourth-order valence-electron chi connectivity index (χ4n) is 2.11. The second kappa shape index (κ2) is 7.70. The fourth-order valence-corrected chi connectivity index (χ4v) is 2.31. The number of halogens is 1. The van der Waals surface area contributed by atoms with Crippen molar-refractivity contribution in [2.45, 2.75) is 0 Å². The van der Waals surface area contributed by atoms with Gasteiger partial charge in [0.15, 0.2) is 5.78 Å². The summed E-state index contributed by atoms with van der Waals surface area (Å²) < 4.78 is 15.7. The van der Waals surface area contributed by atoms with Crippen LogP contribution >= 0.6 is 11.6 Å². The van der Waals surface area contributed by atoms with Crippen LogP contribution in [0.15, 0.2) is 42.5 Å². The van der Waals surface area contributed by atoms with Crippen molar-refractivity contribution >= 4 is 23.5 Å². The zero-order valence-corrected chi connectivity index (χ0v) is 13.9. The van der Waals surface area contributed by atoms with Gasteiger partial charge in [0.25, 0.3) is 0 Å². The molecule has 120 valence electrons. The molecular weight excluding hydrogens is 316 g/mol. The molecule has 0 radical (unpaired) electrons. The lowest BCUT2D eigenvalue weighted by molar-refractivity contribution is 0.104. The third-order valence-electron chi connectivity index (χ3n) is 3.28. The zero-order chi connectivity index (χ0) is 16.8. The van der Waals surface area contributed by atoms with Gasteiger partial charge in [-0.05, 0) is 23.8 Å². The van der Waals surface area contributed by atoms with E-state index in [1.807, 2.05) is 18.2 Å². The molecule has 0 aliphatic rings. The summed E-state index contributed by atoms with van der Waals surface area (Å²) in [6.45, 7) is 0. The van der Waals surface area contributed by atoms with Crippen LogP contribution in [-0.2, 0) is 0 Å². The molecule has 0 saturated carbocycles. The average Bonchev–Trinajstić information content (AvgIpc) is 2.59. The predicted molar refractivity (Wildman–Crippen MR) is 90.9 cm³/mol. The topological polar surface area (TPSA) is 44.8 Å². The minimum absolute atomic E-state index is 0.249. The number of allylic oxidation sites excluding steroid dienone is 1. The molecule has 5 heteroatoms. The molecule has 0 unspecified atom stereocenters. The molecule has 0 atom stereocenters. The van der Waals surface area contributed by atoms with Crippen molar-refractivity contribution in [3.8, 4) is 17.2 Å². The monoisotopic (exact) mass is 332 g/mol. The normalized spacial score (nSPS) is 10.6. The van der Waals surface area contributed by atoms with E-state index in [1.54, 1.807) is 24.3 Å². The van der Waals surface area contributed by atoms with E-state index >= 15 is 0 Å². The van der Waals surface area contributed by atoms with Crippen LogP contribution in [0.1, 0.15) is 15.9 Å². The van der Waals surface area contributed by atoms with Crippen molar-refractivity contribution < 1.29 is 19.0 Å². The van der Waals surface area contributed by atoms with Gasteiger partial charge in [-0.15, -0.1) is 0 Å². The number of hydrogen-bond acceptors (Lipinski definition) is 4. The van der Waals surface area contributed by atoms with Crippen LogP contribution in [-0.4, -0.2) is 27.1 Å². The summed E-state index contributed by atoms with van der Waals surface area (Å²) in [7, 11) is 4.51. The quantitative estimate of drug-likeness (QED) is 0.585. The highest BCUT2D eigenvalue weighted by molar-refractivity contribution is 6.32. The molecule has 4 nitrogen and oxygen atoms in total. The number of carbonyl (C=O) groups excluding carboxylic acids is 1. The molecule has 0 fully saturated rings. The lowest BCUT2D eigenvalue weighted by Gasteiger charge is -2.13. The van der Waals surface area contributed by atoms with Gasteiger partial charge >= 0.3 is 0 Å². The van der Waals surface area contributed by atoms with E-state index in [2.05, 4.69) is 0 Å². The van der Waals surface area contributed by atoms with E-state index in [0.29, 0.717) is 27.8 Å².